The van der Waals surface area contributed by atoms with Gasteiger partial charge in [0.25, 0.3) is 5.91 Å². The van der Waals surface area contributed by atoms with E-state index in [0.29, 0.717) is 12.2 Å². The highest BCUT2D eigenvalue weighted by atomic mass is 16.5. The average molecular weight is 353 g/mol. The molecule has 1 heterocycles. The van der Waals surface area contributed by atoms with Gasteiger partial charge in [-0.15, -0.1) is 0 Å². The third-order valence-corrected chi connectivity index (χ3v) is 4.25. The maximum atomic E-state index is 11.9. The molecule has 6 heteroatoms. The summed E-state index contributed by atoms with van der Waals surface area (Å²) in [6.45, 7) is 4.35. The third kappa shape index (κ3) is 4.03. The molecule has 6 nitrogen and oxygen atoms in total. The minimum absolute atomic E-state index is 0.231. The van der Waals surface area contributed by atoms with Crippen LogP contribution in [0.5, 0.6) is 5.75 Å². The smallest absolute Gasteiger partial charge is 0.271 e. The summed E-state index contributed by atoms with van der Waals surface area (Å²) in [7, 11) is 0. The van der Waals surface area contributed by atoms with E-state index in [2.05, 4.69) is 10.3 Å². The Hall–Kier alpha value is -2.86. The highest BCUT2D eigenvalue weighted by Gasteiger charge is 2.20. The van der Waals surface area contributed by atoms with Crippen molar-refractivity contribution < 1.29 is 14.6 Å². The molecule has 1 aromatic heterocycles. The summed E-state index contributed by atoms with van der Waals surface area (Å²) in [4.78, 5) is 16.0. The summed E-state index contributed by atoms with van der Waals surface area (Å²) in [6, 6.07) is 13.6. The molecule has 0 unspecified atom stereocenters. The second-order valence-corrected chi connectivity index (χ2v) is 6.19. The van der Waals surface area contributed by atoms with Crippen LogP contribution in [0.1, 0.15) is 30.4 Å². The molecule has 0 saturated carbocycles. The number of imidazole rings is 1. The van der Waals surface area contributed by atoms with E-state index in [9.17, 15) is 9.90 Å². The minimum Gasteiger partial charge on any atom is -0.491 e. The predicted octanol–water partition coefficient (Wildman–Crippen LogP) is 2.79. The fourth-order valence-electron chi connectivity index (χ4n) is 2.80. The summed E-state index contributed by atoms with van der Waals surface area (Å²) in [5.41, 5.74) is 0.322. The molecule has 26 heavy (non-hydrogen) atoms. The van der Waals surface area contributed by atoms with Crippen molar-refractivity contribution in [1.82, 2.24) is 14.9 Å². The van der Waals surface area contributed by atoms with Crippen LogP contribution in [-0.4, -0.2) is 39.8 Å². The van der Waals surface area contributed by atoms with Gasteiger partial charge in [-0.05, 0) is 36.8 Å². The number of fused-ring (bicyclic) bond motifs is 1. The molecule has 0 fully saturated rings. The second kappa shape index (κ2) is 8.01. The quantitative estimate of drug-likeness (QED) is 0.685. The first kappa shape index (κ1) is 17.9. The molecule has 0 aliphatic rings. The van der Waals surface area contributed by atoms with Crippen LogP contribution in [0.15, 0.2) is 55.0 Å². The molecule has 1 amide bonds. The maximum absolute atomic E-state index is 11.9. The second-order valence-electron chi connectivity index (χ2n) is 6.19. The Kier molecular flexibility index (Phi) is 5.53. The summed E-state index contributed by atoms with van der Waals surface area (Å²) >= 11 is 0. The van der Waals surface area contributed by atoms with Crippen molar-refractivity contribution >= 4 is 16.7 Å². The van der Waals surface area contributed by atoms with E-state index in [1.165, 1.54) is 0 Å². The van der Waals surface area contributed by atoms with Gasteiger partial charge in [0.1, 0.15) is 18.1 Å². The molecule has 2 N–H and O–H groups in total. The molecule has 2 atom stereocenters. The van der Waals surface area contributed by atoms with Gasteiger partial charge in [-0.25, -0.2) is 4.98 Å². The summed E-state index contributed by atoms with van der Waals surface area (Å²) in [5, 5.41) is 15.1. The number of carbonyl (C=O) groups is 1. The SMILES string of the molecule is CCNC(=O)c1cn([C@H](COc2ccc3ccccc3c2)[C@H](C)O)cn1. The number of nitrogens with zero attached hydrogens (tertiary/aromatic N) is 2. The van der Waals surface area contributed by atoms with E-state index < -0.39 is 6.10 Å². The van der Waals surface area contributed by atoms with E-state index in [1.807, 2.05) is 49.4 Å². The number of carbonyl (C=O) groups excluding carboxylic acids is 1. The standard InChI is InChI=1S/C20H23N3O3/c1-3-21-20(25)18-11-23(13-22-18)19(14(2)24)12-26-17-9-8-15-6-4-5-7-16(15)10-17/h4-11,13-14,19,24H,3,12H2,1-2H3,(H,21,25)/t14-,19+/m0/s1. The normalized spacial score (nSPS) is 13.3. The molecule has 3 aromatic rings. The lowest BCUT2D eigenvalue weighted by atomic mass is 10.1. The highest BCUT2D eigenvalue weighted by molar-refractivity contribution is 5.91. The van der Waals surface area contributed by atoms with E-state index in [4.69, 9.17) is 4.74 Å². The predicted molar refractivity (Wildman–Crippen MR) is 100 cm³/mol. The first-order valence-electron chi connectivity index (χ1n) is 8.70. The Balaban J connectivity index is 1.73. The van der Waals surface area contributed by atoms with Crippen LogP contribution >= 0.6 is 0 Å². The zero-order valence-electron chi connectivity index (χ0n) is 14.9. The zero-order valence-corrected chi connectivity index (χ0v) is 14.9. The highest BCUT2D eigenvalue weighted by Crippen LogP contribution is 2.22. The van der Waals surface area contributed by atoms with Crippen LogP contribution in [-0.2, 0) is 0 Å². The van der Waals surface area contributed by atoms with Crippen LogP contribution in [0.4, 0.5) is 0 Å². The molecule has 0 aliphatic heterocycles. The summed E-state index contributed by atoms with van der Waals surface area (Å²) < 4.78 is 7.62. The van der Waals surface area contributed by atoms with E-state index in [-0.39, 0.29) is 18.6 Å². The van der Waals surface area contributed by atoms with Crippen LogP contribution in [0.25, 0.3) is 10.8 Å². The van der Waals surface area contributed by atoms with Crippen LogP contribution in [0, 0.1) is 0 Å². The number of aromatic nitrogens is 2. The van der Waals surface area contributed by atoms with E-state index in [0.717, 1.165) is 16.5 Å². The Morgan fingerprint density at radius 3 is 2.77 bits per heavy atom. The van der Waals surface area contributed by atoms with Gasteiger partial charge >= 0.3 is 0 Å². The molecule has 2 aromatic carbocycles. The van der Waals surface area contributed by atoms with Crippen LogP contribution < -0.4 is 10.1 Å². The van der Waals surface area contributed by atoms with Crippen molar-refractivity contribution in [3.63, 3.8) is 0 Å². The fourth-order valence-corrected chi connectivity index (χ4v) is 2.80. The minimum atomic E-state index is -0.660. The van der Waals surface area contributed by atoms with Gasteiger partial charge in [0.05, 0.1) is 18.5 Å². The summed E-state index contributed by atoms with van der Waals surface area (Å²) in [6.07, 6.45) is 2.52. The number of aliphatic hydroxyl groups excluding tert-OH is 1. The number of benzene rings is 2. The Morgan fingerprint density at radius 2 is 2.04 bits per heavy atom. The third-order valence-electron chi connectivity index (χ3n) is 4.25. The number of hydrogen-bond donors (Lipinski definition) is 2. The van der Waals surface area contributed by atoms with Gasteiger partial charge in [-0.2, -0.15) is 0 Å². The summed E-state index contributed by atoms with van der Waals surface area (Å²) in [5.74, 6) is 0.504. The largest absolute Gasteiger partial charge is 0.491 e. The molecule has 0 radical (unpaired) electrons. The van der Waals surface area contributed by atoms with Crippen molar-refractivity contribution in [2.75, 3.05) is 13.2 Å². The number of ether oxygens (including phenoxy) is 1. The monoisotopic (exact) mass is 353 g/mol. The Morgan fingerprint density at radius 1 is 1.27 bits per heavy atom. The Labute approximate surface area is 152 Å². The molecular weight excluding hydrogens is 330 g/mol. The number of hydrogen-bond acceptors (Lipinski definition) is 4. The lowest BCUT2D eigenvalue weighted by molar-refractivity contribution is 0.0926. The van der Waals surface area contributed by atoms with Crippen molar-refractivity contribution in [1.29, 1.82) is 0 Å². The lowest BCUT2D eigenvalue weighted by Crippen LogP contribution is -2.27. The number of aliphatic hydroxyl groups is 1. The zero-order chi connectivity index (χ0) is 18.5. The number of amides is 1. The first-order chi connectivity index (χ1) is 12.6. The lowest BCUT2D eigenvalue weighted by Gasteiger charge is -2.21. The maximum Gasteiger partial charge on any atom is 0.271 e. The molecule has 0 spiro atoms. The average Bonchev–Trinajstić information content (AvgIpc) is 3.11. The van der Waals surface area contributed by atoms with Gasteiger partial charge in [-0.3, -0.25) is 4.79 Å². The van der Waals surface area contributed by atoms with Gasteiger partial charge in [-0.1, -0.05) is 30.3 Å². The number of nitrogens with one attached hydrogen (secondary N) is 1. The molecule has 136 valence electrons. The van der Waals surface area contributed by atoms with Crippen molar-refractivity contribution in [2.24, 2.45) is 0 Å². The van der Waals surface area contributed by atoms with E-state index in [1.54, 1.807) is 24.0 Å². The van der Waals surface area contributed by atoms with Crippen LogP contribution in [0.2, 0.25) is 0 Å². The molecular formula is C20H23N3O3. The number of rotatable bonds is 7. The first-order valence-corrected chi connectivity index (χ1v) is 8.70. The topological polar surface area (TPSA) is 76.4 Å². The van der Waals surface area contributed by atoms with Crippen molar-refractivity contribution in [3.8, 4) is 5.75 Å². The van der Waals surface area contributed by atoms with Gasteiger partial charge in [0, 0.05) is 12.7 Å². The van der Waals surface area contributed by atoms with Crippen molar-refractivity contribution in [3.05, 3.63) is 60.7 Å². The van der Waals surface area contributed by atoms with Crippen molar-refractivity contribution in [2.45, 2.75) is 26.0 Å². The molecule has 0 bridgehead atoms. The Bertz CT molecular complexity index is 889. The van der Waals surface area contributed by atoms with Gasteiger partial charge in [0.2, 0.25) is 0 Å². The van der Waals surface area contributed by atoms with E-state index >= 15 is 0 Å². The van der Waals surface area contributed by atoms with Crippen LogP contribution in [0.3, 0.4) is 0 Å². The molecule has 0 aliphatic carbocycles. The van der Waals surface area contributed by atoms with Gasteiger partial charge < -0.3 is 19.7 Å². The van der Waals surface area contributed by atoms with Gasteiger partial charge in [0.15, 0.2) is 0 Å². The molecule has 0 saturated heterocycles. The molecule has 3 rings (SSSR count). The fraction of sp³-hybridized carbons (Fsp3) is 0.300.